The van der Waals surface area contributed by atoms with E-state index in [1.165, 1.54) is 70.6 Å². The molecule has 0 aliphatic heterocycles. The Bertz CT molecular complexity index is 184. The predicted octanol–water partition coefficient (Wildman–Crippen LogP) is 4.37. The summed E-state index contributed by atoms with van der Waals surface area (Å²) in [4.78, 5) is 10.3. The molecule has 0 aromatic carbocycles. The van der Waals surface area contributed by atoms with Crippen LogP contribution in [-0.4, -0.2) is 36.9 Å². The van der Waals surface area contributed by atoms with Gasteiger partial charge in [0.1, 0.15) is 0 Å². The van der Waals surface area contributed by atoms with Crippen LogP contribution in [0.25, 0.3) is 0 Å². The van der Waals surface area contributed by atoms with Gasteiger partial charge in [-0.1, -0.05) is 84.0 Å². The van der Waals surface area contributed by atoms with Crippen molar-refractivity contribution in [2.45, 2.75) is 96.8 Å². The van der Waals surface area contributed by atoms with E-state index in [1.54, 1.807) is 0 Å². The molecule has 2 nitrogen and oxygen atoms in total. The molecule has 0 aromatic heterocycles. The summed E-state index contributed by atoms with van der Waals surface area (Å²) in [5.41, 5.74) is 0. The number of hydrogen-bond acceptors (Lipinski definition) is 1. The number of rotatable bonds is 14. The van der Waals surface area contributed by atoms with Crippen LogP contribution in [0.4, 0.5) is 0 Å². The molecule has 0 bridgehead atoms. The Hall–Kier alpha value is 0.340. The van der Waals surface area contributed by atoms with Gasteiger partial charge in [-0.15, -0.1) is 0 Å². The Labute approximate surface area is 138 Å². The average molecular weight is 374 g/mol. The first kappa shape index (κ1) is 21.6. The van der Waals surface area contributed by atoms with E-state index >= 15 is 0 Å². The summed E-state index contributed by atoms with van der Waals surface area (Å²) in [5, 5.41) is 8.49. The molecular formula is C16H35InO2. The summed E-state index contributed by atoms with van der Waals surface area (Å²) < 4.78 is 0. The van der Waals surface area contributed by atoms with Gasteiger partial charge in [0.25, 0.3) is 0 Å². The van der Waals surface area contributed by atoms with Gasteiger partial charge in [0.15, 0.2) is 0 Å². The zero-order chi connectivity index (χ0) is 13.5. The standard InChI is InChI=1S/C16H32O2.In.3H/c1-2-3-4-5-6-7-8-9-10-11-12-13-14-15-16(17)18;;;;/h2-15H2,1H3,(H,17,18);;;;. The quantitative estimate of drug-likeness (QED) is 0.459. The van der Waals surface area contributed by atoms with E-state index in [-0.39, 0.29) is 25.8 Å². The molecule has 0 aliphatic rings. The van der Waals surface area contributed by atoms with E-state index in [2.05, 4.69) is 6.92 Å². The van der Waals surface area contributed by atoms with Crippen molar-refractivity contribution in [1.82, 2.24) is 0 Å². The maximum absolute atomic E-state index is 10.3. The van der Waals surface area contributed by atoms with E-state index in [0.717, 1.165) is 12.8 Å². The van der Waals surface area contributed by atoms with E-state index in [4.69, 9.17) is 5.11 Å². The third-order valence-electron chi connectivity index (χ3n) is 3.49. The van der Waals surface area contributed by atoms with Crippen molar-refractivity contribution in [2.75, 3.05) is 0 Å². The van der Waals surface area contributed by atoms with Crippen molar-refractivity contribution in [2.24, 2.45) is 0 Å². The van der Waals surface area contributed by atoms with Crippen LogP contribution in [0.1, 0.15) is 96.8 Å². The van der Waals surface area contributed by atoms with Crippen molar-refractivity contribution < 1.29 is 9.90 Å². The van der Waals surface area contributed by atoms with Crippen molar-refractivity contribution in [3.63, 3.8) is 0 Å². The van der Waals surface area contributed by atoms with Gasteiger partial charge in [-0.3, -0.25) is 4.79 Å². The molecule has 0 aromatic rings. The first-order valence-corrected chi connectivity index (χ1v) is 7.99. The number of carboxylic acids is 1. The van der Waals surface area contributed by atoms with Gasteiger partial charge in [0.05, 0.1) is 0 Å². The Kier molecular flexibility index (Phi) is 20.9. The van der Waals surface area contributed by atoms with Gasteiger partial charge in [0.2, 0.25) is 0 Å². The molecule has 0 saturated carbocycles. The second-order valence-corrected chi connectivity index (χ2v) is 5.39. The van der Waals surface area contributed by atoms with Crippen LogP contribution in [0.2, 0.25) is 0 Å². The molecule has 0 aliphatic carbocycles. The molecule has 0 fully saturated rings. The second-order valence-electron chi connectivity index (χ2n) is 5.39. The molecule has 0 rings (SSSR count). The number of hydrogen-bond donors (Lipinski definition) is 1. The van der Waals surface area contributed by atoms with E-state index in [1.807, 2.05) is 0 Å². The second kappa shape index (κ2) is 18.3. The van der Waals surface area contributed by atoms with E-state index in [0.29, 0.717) is 6.42 Å². The zero-order valence-electron chi connectivity index (χ0n) is 12.3. The maximum atomic E-state index is 10.3. The SMILES string of the molecule is CCCCCCCCCCCCCCCC(=O)O.[InH3]. The van der Waals surface area contributed by atoms with Crippen LogP contribution in [-0.2, 0) is 4.79 Å². The number of carbonyl (C=O) groups is 1. The van der Waals surface area contributed by atoms with Crippen LogP contribution >= 0.6 is 0 Å². The van der Waals surface area contributed by atoms with Crippen LogP contribution < -0.4 is 0 Å². The molecule has 0 atom stereocenters. The number of carboxylic acid groups (broad SMARTS) is 1. The summed E-state index contributed by atoms with van der Waals surface area (Å²) in [6.07, 6.45) is 17.3. The van der Waals surface area contributed by atoms with Gasteiger partial charge in [0, 0.05) is 6.42 Å². The molecule has 0 unspecified atom stereocenters. The summed E-state index contributed by atoms with van der Waals surface area (Å²) >= 11 is 0. The predicted molar refractivity (Wildman–Crippen MR) is 87.9 cm³/mol. The van der Waals surface area contributed by atoms with Gasteiger partial charge in [-0.2, -0.15) is 0 Å². The van der Waals surface area contributed by atoms with E-state index in [9.17, 15) is 4.79 Å². The van der Waals surface area contributed by atoms with Gasteiger partial charge < -0.3 is 5.11 Å². The minimum atomic E-state index is -0.655. The summed E-state index contributed by atoms with van der Waals surface area (Å²) in [7, 11) is 0. The van der Waals surface area contributed by atoms with Gasteiger partial charge in [-0.25, -0.2) is 0 Å². The summed E-state index contributed by atoms with van der Waals surface area (Å²) in [6, 6.07) is 0. The fraction of sp³-hybridized carbons (Fsp3) is 0.938. The Morgan fingerprint density at radius 1 is 0.684 bits per heavy atom. The number of aliphatic carboxylic acids is 1. The third-order valence-corrected chi connectivity index (χ3v) is 3.49. The van der Waals surface area contributed by atoms with Gasteiger partial charge in [-0.05, 0) is 6.42 Å². The van der Waals surface area contributed by atoms with Crippen molar-refractivity contribution in [1.29, 1.82) is 0 Å². The van der Waals surface area contributed by atoms with Crippen LogP contribution in [0, 0.1) is 0 Å². The molecular weight excluding hydrogens is 339 g/mol. The van der Waals surface area contributed by atoms with Crippen molar-refractivity contribution in [3.05, 3.63) is 0 Å². The molecule has 0 amide bonds. The average Bonchev–Trinajstić information content (AvgIpc) is 2.34. The van der Waals surface area contributed by atoms with Crippen molar-refractivity contribution in [3.8, 4) is 0 Å². The van der Waals surface area contributed by atoms with Crippen LogP contribution in [0.5, 0.6) is 0 Å². The topological polar surface area (TPSA) is 37.3 Å². The molecule has 0 spiro atoms. The van der Waals surface area contributed by atoms with Gasteiger partial charge >= 0.3 is 31.8 Å². The first-order chi connectivity index (χ1) is 8.77. The summed E-state index contributed by atoms with van der Waals surface area (Å²) in [5.74, 6) is -0.655. The van der Waals surface area contributed by atoms with E-state index < -0.39 is 5.97 Å². The fourth-order valence-corrected chi connectivity index (χ4v) is 2.29. The Morgan fingerprint density at radius 3 is 1.32 bits per heavy atom. The molecule has 19 heavy (non-hydrogen) atoms. The molecule has 1 N–H and O–H groups in total. The monoisotopic (exact) mass is 374 g/mol. The normalized spacial score (nSPS) is 10.2. The number of unbranched alkanes of at least 4 members (excludes halogenated alkanes) is 12. The Balaban J connectivity index is 0. The molecule has 114 valence electrons. The minimum absolute atomic E-state index is 0. The first-order valence-electron chi connectivity index (χ1n) is 7.99. The molecule has 0 heterocycles. The zero-order valence-corrected chi connectivity index (χ0v) is 12.3. The van der Waals surface area contributed by atoms with Crippen LogP contribution in [0.3, 0.4) is 0 Å². The third kappa shape index (κ3) is 20.8. The van der Waals surface area contributed by atoms with Crippen molar-refractivity contribution >= 4 is 31.8 Å². The summed E-state index contributed by atoms with van der Waals surface area (Å²) in [6.45, 7) is 2.26. The van der Waals surface area contributed by atoms with Crippen LogP contribution in [0.15, 0.2) is 0 Å². The Morgan fingerprint density at radius 2 is 1.00 bits per heavy atom. The molecule has 0 saturated heterocycles. The fourth-order valence-electron chi connectivity index (χ4n) is 2.29. The molecule has 3 heteroatoms. The molecule has 0 radical (unpaired) electrons.